The summed E-state index contributed by atoms with van der Waals surface area (Å²) in [6.07, 6.45) is 0. The van der Waals surface area contributed by atoms with Crippen LogP contribution in [0.3, 0.4) is 0 Å². The Morgan fingerprint density at radius 1 is 1.33 bits per heavy atom. The number of anilines is 1. The van der Waals surface area contributed by atoms with Crippen molar-refractivity contribution in [3.8, 4) is 0 Å². The Hall–Kier alpha value is -1.06. The molecule has 0 spiro atoms. The average molecular weight is 165 g/mol. The van der Waals surface area contributed by atoms with Gasteiger partial charge in [0.05, 0.1) is 6.67 Å². The van der Waals surface area contributed by atoms with Gasteiger partial charge in [-0.05, 0) is 19.1 Å². The van der Waals surface area contributed by atoms with Crippen LogP contribution in [0.5, 0.6) is 0 Å². The zero-order chi connectivity index (χ0) is 8.97. The van der Waals surface area contributed by atoms with Gasteiger partial charge in [-0.25, -0.2) is 5.43 Å². The number of rotatable bonds is 3. The molecule has 66 valence electrons. The van der Waals surface area contributed by atoms with Gasteiger partial charge >= 0.3 is 0 Å². The molecular weight excluding hydrogens is 150 g/mol. The second-order valence-electron chi connectivity index (χ2n) is 2.90. The number of hydrogen-bond donors (Lipinski definition) is 2. The molecule has 0 aliphatic carbocycles. The van der Waals surface area contributed by atoms with E-state index in [1.807, 2.05) is 11.9 Å². The second-order valence-corrected chi connectivity index (χ2v) is 2.90. The molecule has 0 unspecified atom stereocenters. The summed E-state index contributed by atoms with van der Waals surface area (Å²) >= 11 is 0. The molecule has 1 aromatic carbocycles. The van der Waals surface area contributed by atoms with Crippen LogP contribution in [0.1, 0.15) is 5.56 Å². The topological polar surface area (TPSA) is 41.3 Å². The molecule has 1 rings (SSSR count). The van der Waals surface area contributed by atoms with Crippen LogP contribution in [0.4, 0.5) is 5.69 Å². The Morgan fingerprint density at radius 2 is 1.92 bits per heavy atom. The van der Waals surface area contributed by atoms with Gasteiger partial charge in [-0.15, -0.1) is 0 Å². The summed E-state index contributed by atoms with van der Waals surface area (Å²) in [5, 5.41) is 0. The maximum absolute atomic E-state index is 5.21. The van der Waals surface area contributed by atoms with Crippen molar-refractivity contribution in [3.63, 3.8) is 0 Å². The van der Waals surface area contributed by atoms with E-state index in [1.54, 1.807) is 0 Å². The summed E-state index contributed by atoms with van der Waals surface area (Å²) in [6.45, 7) is 2.73. The van der Waals surface area contributed by atoms with E-state index in [0.29, 0.717) is 6.67 Å². The Kier molecular flexibility index (Phi) is 3.08. The molecule has 0 amide bonds. The minimum Gasteiger partial charge on any atom is -0.361 e. The third-order valence-corrected chi connectivity index (χ3v) is 1.80. The number of hydrazine groups is 1. The van der Waals surface area contributed by atoms with Gasteiger partial charge < -0.3 is 4.90 Å². The maximum atomic E-state index is 5.21. The molecule has 12 heavy (non-hydrogen) atoms. The SMILES string of the molecule is Cc1ccc(N(C)CNN)cc1. The lowest BCUT2D eigenvalue weighted by Gasteiger charge is -2.18. The van der Waals surface area contributed by atoms with Gasteiger partial charge in [0.2, 0.25) is 0 Å². The van der Waals surface area contributed by atoms with Crippen LogP contribution in [0.2, 0.25) is 0 Å². The monoisotopic (exact) mass is 165 g/mol. The lowest BCUT2D eigenvalue weighted by Crippen LogP contribution is -2.35. The second kappa shape index (κ2) is 4.09. The minimum atomic E-state index is 0.656. The van der Waals surface area contributed by atoms with Crippen molar-refractivity contribution in [3.05, 3.63) is 29.8 Å². The van der Waals surface area contributed by atoms with Gasteiger partial charge in [-0.2, -0.15) is 0 Å². The quantitative estimate of drug-likeness (QED) is 0.396. The molecule has 0 fully saturated rings. The predicted molar refractivity (Wildman–Crippen MR) is 51.8 cm³/mol. The molecule has 3 N–H and O–H groups in total. The fourth-order valence-electron chi connectivity index (χ4n) is 1.03. The Labute approximate surface area is 73.1 Å². The lowest BCUT2D eigenvalue weighted by atomic mass is 10.2. The van der Waals surface area contributed by atoms with Crippen LogP contribution in [0.25, 0.3) is 0 Å². The maximum Gasteiger partial charge on any atom is 0.0805 e. The van der Waals surface area contributed by atoms with Crippen LogP contribution in [-0.4, -0.2) is 13.7 Å². The molecule has 3 nitrogen and oxygen atoms in total. The zero-order valence-electron chi connectivity index (χ0n) is 7.54. The first-order chi connectivity index (χ1) is 5.74. The van der Waals surface area contributed by atoms with Crippen molar-refractivity contribution < 1.29 is 0 Å². The Morgan fingerprint density at radius 3 is 2.42 bits per heavy atom. The fraction of sp³-hybridized carbons (Fsp3) is 0.333. The number of nitrogens with two attached hydrogens (primary N) is 1. The molecule has 0 saturated heterocycles. The fourth-order valence-corrected chi connectivity index (χ4v) is 1.03. The van der Waals surface area contributed by atoms with Crippen LogP contribution >= 0.6 is 0 Å². The highest BCUT2D eigenvalue weighted by Gasteiger charge is 1.96. The third kappa shape index (κ3) is 2.22. The summed E-state index contributed by atoms with van der Waals surface area (Å²) in [7, 11) is 1.99. The first-order valence-corrected chi connectivity index (χ1v) is 3.95. The van der Waals surface area contributed by atoms with Crippen molar-refractivity contribution in [2.45, 2.75) is 6.92 Å². The number of nitrogens with one attached hydrogen (secondary N) is 1. The van der Waals surface area contributed by atoms with E-state index in [4.69, 9.17) is 5.84 Å². The summed E-state index contributed by atoms with van der Waals surface area (Å²) < 4.78 is 0. The number of nitrogens with zero attached hydrogens (tertiary/aromatic N) is 1. The first kappa shape index (κ1) is 9.03. The highest BCUT2D eigenvalue weighted by atomic mass is 15.3. The van der Waals surface area contributed by atoms with Crippen LogP contribution < -0.4 is 16.2 Å². The molecule has 0 saturated carbocycles. The molecule has 0 aliphatic heterocycles. The Balaban J connectivity index is 2.68. The highest BCUT2D eigenvalue weighted by molar-refractivity contribution is 5.46. The molecular formula is C9H15N3. The summed E-state index contributed by atoms with van der Waals surface area (Å²) in [6, 6.07) is 8.32. The van der Waals surface area contributed by atoms with E-state index in [1.165, 1.54) is 11.3 Å². The van der Waals surface area contributed by atoms with Crippen molar-refractivity contribution in [1.82, 2.24) is 5.43 Å². The number of benzene rings is 1. The zero-order valence-corrected chi connectivity index (χ0v) is 7.54. The van der Waals surface area contributed by atoms with Gasteiger partial charge in [0, 0.05) is 12.7 Å². The van der Waals surface area contributed by atoms with Crippen molar-refractivity contribution in [2.75, 3.05) is 18.6 Å². The molecule has 0 atom stereocenters. The van der Waals surface area contributed by atoms with Crippen molar-refractivity contribution in [1.29, 1.82) is 0 Å². The average Bonchev–Trinajstić information content (AvgIpc) is 2.06. The van der Waals surface area contributed by atoms with Gasteiger partial charge in [0.1, 0.15) is 0 Å². The summed E-state index contributed by atoms with van der Waals surface area (Å²) in [5.41, 5.74) is 5.04. The lowest BCUT2D eigenvalue weighted by molar-refractivity contribution is 0.718. The van der Waals surface area contributed by atoms with E-state index in [-0.39, 0.29) is 0 Å². The third-order valence-electron chi connectivity index (χ3n) is 1.80. The van der Waals surface area contributed by atoms with Gasteiger partial charge in [0.25, 0.3) is 0 Å². The molecule has 0 bridgehead atoms. The molecule has 3 heteroatoms. The highest BCUT2D eigenvalue weighted by Crippen LogP contribution is 2.11. The molecule has 0 radical (unpaired) electrons. The molecule has 0 aromatic heterocycles. The van der Waals surface area contributed by atoms with Crippen LogP contribution in [0.15, 0.2) is 24.3 Å². The standard InChI is InChI=1S/C9H15N3/c1-8-3-5-9(6-4-8)12(2)7-11-10/h3-6,11H,7,10H2,1-2H3. The predicted octanol–water partition coefficient (Wildman–Crippen LogP) is 0.852. The molecule has 0 aliphatic rings. The largest absolute Gasteiger partial charge is 0.361 e. The Bertz CT molecular complexity index is 230. The summed E-state index contributed by atoms with van der Waals surface area (Å²) in [5.74, 6) is 5.21. The first-order valence-electron chi connectivity index (χ1n) is 3.95. The van der Waals surface area contributed by atoms with Gasteiger partial charge in [0.15, 0.2) is 0 Å². The van der Waals surface area contributed by atoms with Crippen molar-refractivity contribution >= 4 is 5.69 Å². The number of aryl methyl sites for hydroxylation is 1. The van der Waals surface area contributed by atoms with E-state index < -0.39 is 0 Å². The van der Waals surface area contributed by atoms with Crippen LogP contribution in [0, 0.1) is 6.92 Å². The van der Waals surface area contributed by atoms with E-state index in [2.05, 4.69) is 36.6 Å². The number of hydrogen-bond acceptors (Lipinski definition) is 3. The van der Waals surface area contributed by atoms with Crippen molar-refractivity contribution in [2.24, 2.45) is 5.84 Å². The van der Waals surface area contributed by atoms with Gasteiger partial charge in [-0.1, -0.05) is 17.7 Å². The summed E-state index contributed by atoms with van der Waals surface area (Å²) in [4.78, 5) is 2.04. The van der Waals surface area contributed by atoms with E-state index >= 15 is 0 Å². The van der Waals surface area contributed by atoms with Crippen LogP contribution in [-0.2, 0) is 0 Å². The van der Waals surface area contributed by atoms with E-state index in [9.17, 15) is 0 Å². The minimum absolute atomic E-state index is 0.656. The molecule has 1 aromatic rings. The van der Waals surface area contributed by atoms with E-state index in [0.717, 1.165) is 0 Å². The normalized spacial score (nSPS) is 9.92. The smallest absolute Gasteiger partial charge is 0.0805 e. The molecule has 0 heterocycles. The van der Waals surface area contributed by atoms with Gasteiger partial charge in [-0.3, -0.25) is 5.84 Å².